The highest BCUT2D eigenvalue weighted by molar-refractivity contribution is 5.93. The van der Waals surface area contributed by atoms with Gasteiger partial charge in [0.25, 0.3) is 0 Å². The van der Waals surface area contributed by atoms with E-state index in [1.807, 2.05) is 30.3 Å². The first-order valence-corrected chi connectivity index (χ1v) is 5.59. The molecule has 1 aromatic carbocycles. The van der Waals surface area contributed by atoms with Crippen LogP contribution < -0.4 is 5.73 Å². The van der Waals surface area contributed by atoms with Crippen molar-refractivity contribution in [3.05, 3.63) is 35.9 Å². The molecule has 0 saturated carbocycles. The summed E-state index contributed by atoms with van der Waals surface area (Å²) in [6.45, 7) is 2.32. The Hall–Kier alpha value is -1.19. The number of ketones is 1. The average molecular weight is 219 g/mol. The van der Waals surface area contributed by atoms with Crippen LogP contribution >= 0.6 is 0 Å². The Balaban J connectivity index is 1.84. The van der Waals surface area contributed by atoms with Crippen LogP contribution in [0.3, 0.4) is 0 Å². The van der Waals surface area contributed by atoms with E-state index in [0.717, 1.165) is 6.42 Å². The number of carbonyl (C=O) groups excluding carboxylic acids is 1. The van der Waals surface area contributed by atoms with Gasteiger partial charge in [-0.15, -0.1) is 0 Å². The molecule has 0 aromatic heterocycles. The Morgan fingerprint density at radius 3 is 2.69 bits per heavy atom. The molecule has 2 atom stereocenters. The van der Waals surface area contributed by atoms with Crippen LogP contribution in [0.15, 0.2) is 30.3 Å². The first kappa shape index (κ1) is 11.3. The van der Waals surface area contributed by atoms with Crippen molar-refractivity contribution in [2.75, 3.05) is 6.61 Å². The molecule has 2 N–H and O–H groups in total. The van der Waals surface area contributed by atoms with Crippen molar-refractivity contribution in [1.29, 1.82) is 0 Å². The van der Waals surface area contributed by atoms with Crippen LogP contribution in [0.4, 0.5) is 0 Å². The number of rotatable bonds is 5. The predicted octanol–water partition coefficient (Wildman–Crippen LogP) is 1.30. The van der Waals surface area contributed by atoms with Crippen molar-refractivity contribution >= 4 is 5.78 Å². The number of carbonyl (C=O) groups is 1. The van der Waals surface area contributed by atoms with Gasteiger partial charge in [0.05, 0.1) is 12.6 Å². The third-order valence-electron chi connectivity index (χ3n) is 3.02. The van der Waals surface area contributed by atoms with Gasteiger partial charge in [-0.3, -0.25) is 4.79 Å². The minimum atomic E-state index is -0.587. The van der Waals surface area contributed by atoms with Gasteiger partial charge in [0, 0.05) is 0 Å². The summed E-state index contributed by atoms with van der Waals surface area (Å²) >= 11 is 0. The van der Waals surface area contributed by atoms with Crippen molar-refractivity contribution in [3.63, 3.8) is 0 Å². The Bertz CT molecular complexity index is 371. The summed E-state index contributed by atoms with van der Waals surface area (Å²) < 4.78 is 5.10. The van der Waals surface area contributed by atoms with Gasteiger partial charge in [-0.25, -0.2) is 0 Å². The second-order valence-corrected chi connectivity index (χ2v) is 4.51. The third-order valence-corrected chi connectivity index (χ3v) is 3.02. The molecule has 3 heteroatoms. The zero-order valence-electron chi connectivity index (χ0n) is 9.48. The van der Waals surface area contributed by atoms with Crippen molar-refractivity contribution in [2.24, 2.45) is 5.73 Å². The molecule has 1 aliphatic heterocycles. The normalized spacial score (nSPS) is 25.1. The monoisotopic (exact) mass is 219 g/mol. The van der Waals surface area contributed by atoms with E-state index in [1.165, 1.54) is 5.56 Å². The summed E-state index contributed by atoms with van der Waals surface area (Å²) in [6.07, 6.45) is 1.52. The van der Waals surface area contributed by atoms with Crippen LogP contribution in [0, 0.1) is 0 Å². The summed E-state index contributed by atoms with van der Waals surface area (Å²) in [4.78, 5) is 11.8. The van der Waals surface area contributed by atoms with Gasteiger partial charge < -0.3 is 10.5 Å². The SMILES string of the molecule is CC1(C(=O)[C@@H](N)CCc2ccccc2)CO1. The number of ether oxygens (including phenoxy) is 1. The fraction of sp³-hybridized carbons (Fsp3) is 0.462. The first-order chi connectivity index (χ1) is 7.62. The van der Waals surface area contributed by atoms with Gasteiger partial charge in [-0.05, 0) is 25.3 Å². The predicted molar refractivity (Wildman–Crippen MR) is 62.1 cm³/mol. The van der Waals surface area contributed by atoms with E-state index in [0.29, 0.717) is 13.0 Å². The maximum absolute atomic E-state index is 11.8. The van der Waals surface area contributed by atoms with E-state index in [2.05, 4.69) is 0 Å². The number of aryl methyl sites for hydroxylation is 1. The molecule has 1 aliphatic rings. The Morgan fingerprint density at radius 2 is 2.12 bits per heavy atom. The molecule has 0 spiro atoms. The van der Waals surface area contributed by atoms with Gasteiger partial charge in [-0.2, -0.15) is 0 Å². The maximum Gasteiger partial charge on any atom is 0.183 e. The summed E-state index contributed by atoms with van der Waals surface area (Å²) in [7, 11) is 0. The standard InChI is InChI=1S/C13H17NO2/c1-13(9-16-13)12(15)11(14)8-7-10-5-3-2-4-6-10/h2-6,11H,7-9,14H2,1H3/t11-,13?/m0/s1. The van der Waals surface area contributed by atoms with Crippen molar-refractivity contribution in [1.82, 2.24) is 0 Å². The summed E-state index contributed by atoms with van der Waals surface area (Å²) in [5, 5.41) is 0. The van der Waals surface area contributed by atoms with Gasteiger partial charge in [0.1, 0.15) is 5.60 Å². The molecule has 1 saturated heterocycles. The topological polar surface area (TPSA) is 55.6 Å². The second kappa shape index (κ2) is 4.36. The Labute approximate surface area is 95.6 Å². The van der Waals surface area contributed by atoms with E-state index < -0.39 is 11.6 Å². The summed E-state index contributed by atoms with van der Waals surface area (Å²) in [5.41, 5.74) is 6.49. The quantitative estimate of drug-likeness (QED) is 0.759. The summed E-state index contributed by atoms with van der Waals surface area (Å²) in [6, 6.07) is 9.65. The largest absolute Gasteiger partial charge is 0.362 e. The lowest BCUT2D eigenvalue weighted by Gasteiger charge is -2.12. The molecule has 86 valence electrons. The third kappa shape index (κ3) is 2.49. The maximum atomic E-state index is 11.8. The molecule has 16 heavy (non-hydrogen) atoms. The zero-order valence-corrected chi connectivity index (χ0v) is 9.48. The fourth-order valence-electron chi connectivity index (χ4n) is 1.74. The van der Waals surface area contributed by atoms with Crippen molar-refractivity contribution < 1.29 is 9.53 Å². The molecule has 0 amide bonds. The van der Waals surface area contributed by atoms with Crippen LogP contribution in [0.1, 0.15) is 18.9 Å². The van der Waals surface area contributed by atoms with Gasteiger partial charge in [0.15, 0.2) is 5.78 Å². The molecular formula is C13H17NO2. The van der Waals surface area contributed by atoms with Gasteiger partial charge in [0.2, 0.25) is 0 Å². The molecule has 0 aliphatic carbocycles. The van der Waals surface area contributed by atoms with Crippen molar-refractivity contribution in [3.8, 4) is 0 Å². The number of epoxide rings is 1. The highest BCUT2D eigenvalue weighted by atomic mass is 16.6. The average Bonchev–Trinajstić information content (AvgIpc) is 3.06. The number of benzene rings is 1. The van der Waals surface area contributed by atoms with Gasteiger partial charge in [-0.1, -0.05) is 30.3 Å². The van der Waals surface area contributed by atoms with E-state index >= 15 is 0 Å². The van der Waals surface area contributed by atoms with E-state index in [4.69, 9.17) is 10.5 Å². The summed E-state index contributed by atoms with van der Waals surface area (Å²) in [5.74, 6) is 0.0310. The molecule has 0 radical (unpaired) electrons. The van der Waals surface area contributed by atoms with Crippen LogP contribution in [0.5, 0.6) is 0 Å². The minimum absolute atomic E-state index is 0.0310. The number of nitrogens with two attached hydrogens (primary N) is 1. The van der Waals surface area contributed by atoms with Crippen LogP contribution in [0.25, 0.3) is 0 Å². The zero-order chi connectivity index (χ0) is 11.6. The minimum Gasteiger partial charge on any atom is -0.362 e. The van der Waals surface area contributed by atoms with E-state index in [1.54, 1.807) is 6.92 Å². The number of hydrogen-bond donors (Lipinski definition) is 1. The van der Waals surface area contributed by atoms with E-state index in [9.17, 15) is 4.79 Å². The molecule has 2 rings (SSSR count). The smallest absolute Gasteiger partial charge is 0.183 e. The molecule has 1 unspecified atom stereocenters. The Kier molecular flexibility index (Phi) is 3.08. The molecule has 3 nitrogen and oxygen atoms in total. The molecule has 1 aromatic rings. The fourth-order valence-corrected chi connectivity index (χ4v) is 1.74. The van der Waals surface area contributed by atoms with Gasteiger partial charge >= 0.3 is 0 Å². The molecule has 1 fully saturated rings. The molecule has 0 bridgehead atoms. The number of Topliss-reactive ketones (excluding diaryl/α,β-unsaturated/α-hetero) is 1. The van der Waals surface area contributed by atoms with Crippen molar-refractivity contribution in [2.45, 2.75) is 31.4 Å². The highest BCUT2D eigenvalue weighted by Gasteiger charge is 2.48. The lowest BCUT2D eigenvalue weighted by atomic mass is 9.96. The number of hydrogen-bond acceptors (Lipinski definition) is 3. The first-order valence-electron chi connectivity index (χ1n) is 5.59. The molecular weight excluding hydrogens is 202 g/mol. The van der Waals surface area contributed by atoms with Crippen LogP contribution in [-0.4, -0.2) is 24.0 Å². The lowest BCUT2D eigenvalue weighted by Crippen LogP contribution is -2.39. The molecule has 1 heterocycles. The van der Waals surface area contributed by atoms with Crippen LogP contribution in [0.2, 0.25) is 0 Å². The van der Waals surface area contributed by atoms with E-state index in [-0.39, 0.29) is 5.78 Å². The lowest BCUT2D eigenvalue weighted by molar-refractivity contribution is -0.124. The van der Waals surface area contributed by atoms with Crippen LogP contribution in [-0.2, 0) is 16.0 Å². The second-order valence-electron chi connectivity index (χ2n) is 4.51. The Morgan fingerprint density at radius 1 is 1.50 bits per heavy atom. The highest BCUT2D eigenvalue weighted by Crippen LogP contribution is 2.28.